The summed E-state index contributed by atoms with van der Waals surface area (Å²) in [6.07, 6.45) is 6.24. The average Bonchev–Trinajstić information content (AvgIpc) is 2.96. The smallest absolute Gasteiger partial charge is 0.211 e. The maximum Gasteiger partial charge on any atom is 0.211 e. The second-order valence-corrected chi connectivity index (χ2v) is 7.74. The van der Waals surface area contributed by atoms with Gasteiger partial charge in [-0.15, -0.1) is 0 Å². The molecule has 3 rings (SSSR count). The van der Waals surface area contributed by atoms with E-state index in [0.29, 0.717) is 30.4 Å². The van der Waals surface area contributed by atoms with E-state index in [4.69, 9.17) is 0 Å². The zero-order valence-corrected chi connectivity index (χ0v) is 15.0. The van der Waals surface area contributed by atoms with Crippen molar-refractivity contribution in [3.05, 3.63) is 30.7 Å². The quantitative estimate of drug-likeness (QED) is 0.690. The number of hydrogen-bond acceptors (Lipinski definition) is 7. The molecule has 0 spiro atoms. The summed E-state index contributed by atoms with van der Waals surface area (Å²) in [4.78, 5) is 13.2. The molecule has 9 nitrogen and oxygen atoms in total. The first-order valence-electron chi connectivity index (χ1n) is 7.61. The molecular formula is C15H19N7O2S. The lowest BCUT2D eigenvalue weighted by molar-refractivity contribution is 0.486. The van der Waals surface area contributed by atoms with Crippen molar-refractivity contribution in [2.75, 3.05) is 31.7 Å². The van der Waals surface area contributed by atoms with E-state index in [1.165, 1.54) is 17.6 Å². The van der Waals surface area contributed by atoms with Crippen LogP contribution in [0.1, 0.15) is 0 Å². The van der Waals surface area contributed by atoms with Gasteiger partial charge in [0.1, 0.15) is 5.82 Å². The molecule has 0 aliphatic heterocycles. The van der Waals surface area contributed by atoms with Crippen molar-refractivity contribution < 1.29 is 8.42 Å². The molecule has 132 valence electrons. The lowest BCUT2D eigenvalue weighted by Crippen LogP contribution is -2.30. The van der Waals surface area contributed by atoms with Crippen molar-refractivity contribution in [2.24, 2.45) is 7.05 Å². The van der Waals surface area contributed by atoms with Gasteiger partial charge < -0.3 is 5.32 Å². The van der Waals surface area contributed by atoms with E-state index in [9.17, 15) is 8.42 Å². The molecular weight excluding hydrogens is 342 g/mol. The summed E-state index contributed by atoms with van der Waals surface area (Å²) in [5, 5.41) is 8.18. The van der Waals surface area contributed by atoms with Gasteiger partial charge in [-0.3, -0.25) is 9.67 Å². The molecule has 0 atom stereocenters. The Bertz CT molecular complexity index is 986. The Labute approximate surface area is 145 Å². The number of anilines is 1. The molecule has 3 aromatic heterocycles. The molecule has 0 aliphatic rings. The van der Waals surface area contributed by atoms with Gasteiger partial charge in [0.25, 0.3) is 0 Å². The molecule has 0 saturated heterocycles. The van der Waals surface area contributed by atoms with Gasteiger partial charge in [0, 0.05) is 45.1 Å². The van der Waals surface area contributed by atoms with Crippen molar-refractivity contribution in [3.8, 4) is 11.4 Å². The molecule has 25 heavy (non-hydrogen) atoms. The second-order valence-electron chi connectivity index (χ2n) is 5.65. The van der Waals surface area contributed by atoms with Gasteiger partial charge in [0.05, 0.1) is 17.8 Å². The van der Waals surface area contributed by atoms with E-state index in [1.807, 2.05) is 19.2 Å². The number of rotatable bonds is 6. The van der Waals surface area contributed by atoms with Gasteiger partial charge >= 0.3 is 0 Å². The van der Waals surface area contributed by atoms with E-state index in [1.54, 1.807) is 23.3 Å². The van der Waals surface area contributed by atoms with Crippen LogP contribution in [-0.2, 0) is 17.1 Å². The normalized spacial score (nSPS) is 12.0. The molecule has 0 unspecified atom stereocenters. The topological polar surface area (TPSA) is 106 Å². The predicted molar refractivity (Wildman–Crippen MR) is 95.5 cm³/mol. The summed E-state index contributed by atoms with van der Waals surface area (Å²) >= 11 is 0. The number of hydrogen-bond donors (Lipinski definition) is 1. The lowest BCUT2D eigenvalue weighted by atomic mass is 10.2. The summed E-state index contributed by atoms with van der Waals surface area (Å²) in [7, 11) is 0.138. The highest BCUT2D eigenvalue weighted by Gasteiger charge is 2.14. The van der Waals surface area contributed by atoms with Crippen molar-refractivity contribution in [1.29, 1.82) is 0 Å². The fourth-order valence-electron chi connectivity index (χ4n) is 2.28. The van der Waals surface area contributed by atoms with Crippen LogP contribution in [0.15, 0.2) is 30.7 Å². The highest BCUT2D eigenvalue weighted by Crippen LogP contribution is 2.23. The van der Waals surface area contributed by atoms with Crippen LogP contribution in [0.25, 0.3) is 22.4 Å². The van der Waals surface area contributed by atoms with Crippen LogP contribution in [0.5, 0.6) is 0 Å². The maximum absolute atomic E-state index is 11.5. The van der Waals surface area contributed by atoms with Crippen molar-refractivity contribution >= 4 is 26.9 Å². The Morgan fingerprint density at radius 1 is 1.28 bits per heavy atom. The minimum Gasteiger partial charge on any atom is -0.368 e. The van der Waals surface area contributed by atoms with Gasteiger partial charge in [0.2, 0.25) is 10.0 Å². The first-order chi connectivity index (χ1) is 11.9. The number of nitrogens with zero attached hydrogens (tertiary/aromatic N) is 6. The Morgan fingerprint density at radius 3 is 2.76 bits per heavy atom. The number of aromatic nitrogens is 5. The van der Waals surface area contributed by atoms with Crippen LogP contribution in [0, 0.1) is 0 Å². The van der Waals surface area contributed by atoms with Crippen LogP contribution in [-0.4, -0.2) is 63.8 Å². The van der Waals surface area contributed by atoms with Crippen molar-refractivity contribution in [1.82, 2.24) is 29.0 Å². The molecule has 0 fully saturated rings. The molecule has 0 aliphatic carbocycles. The third-order valence-electron chi connectivity index (χ3n) is 3.80. The van der Waals surface area contributed by atoms with Crippen LogP contribution in [0.2, 0.25) is 0 Å². The fourth-order valence-corrected chi connectivity index (χ4v) is 2.70. The largest absolute Gasteiger partial charge is 0.368 e. The van der Waals surface area contributed by atoms with Gasteiger partial charge in [-0.25, -0.2) is 22.7 Å². The van der Waals surface area contributed by atoms with Crippen LogP contribution >= 0.6 is 0 Å². The Balaban J connectivity index is 1.91. The second kappa shape index (κ2) is 6.73. The highest BCUT2D eigenvalue weighted by atomic mass is 32.2. The minimum atomic E-state index is -3.21. The van der Waals surface area contributed by atoms with Gasteiger partial charge in [-0.1, -0.05) is 0 Å². The first-order valence-corrected chi connectivity index (χ1v) is 9.46. The number of sulfonamides is 1. The van der Waals surface area contributed by atoms with E-state index in [0.717, 1.165) is 10.9 Å². The highest BCUT2D eigenvalue weighted by molar-refractivity contribution is 7.88. The number of nitrogens with one attached hydrogen (secondary N) is 1. The molecule has 0 bridgehead atoms. The van der Waals surface area contributed by atoms with Crippen molar-refractivity contribution in [2.45, 2.75) is 0 Å². The molecule has 0 aromatic carbocycles. The molecule has 0 amide bonds. The summed E-state index contributed by atoms with van der Waals surface area (Å²) in [6.45, 7) is 0.740. The Hall–Kier alpha value is -2.59. The van der Waals surface area contributed by atoms with Gasteiger partial charge in [0.15, 0.2) is 11.5 Å². The van der Waals surface area contributed by atoms with Gasteiger partial charge in [-0.05, 0) is 12.1 Å². The molecule has 3 heterocycles. The summed E-state index contributed by atoms with van der Waals surface area (Å²) in [5.41, 5.74) is 1.48. The zero-order chi connectivity index (χ0) is 18.0. The minimum absolute atomic E-state index is 0.326. The zero-order valence-electron chi connectivity index (χ0n) is 14.2. The summed E-state index contributed by atoms with van der Waals surface area (Å²) in [6, 6.07) is 3.70. The van der Waals surface area contributed by atoms with E-state index in [-0.39, 0.29) is 0 Å². The van der Waals surface area contributed by atoms with E-state index < -0.39 is 10.0 Å². The van der Waals surface area contributed by atoms with Crippen LogP contribution < -0.4 is 5.32 Å². The van der Waals surface area contributed by atoms with E-state index in [2.05, 4.69) is 25.4 Å². The SMILES string of the molecule is CN(CCNc1nc(-c2cccnc2)nc2c1cnn2C)S(C)(=O)=O. The Kier molecular flexibility index (Phi) is 4.64. The van der Waals surface area contributed by atoms with Crippen LogP contribution in [0.3, 0.4) is 0 Å². The Morgan fingerprint density at radius 2 is 2.08 bits per heavy atom. The summed E-state index contributed by atoms with van der Waals surface area (Å²) < 4.78 is 25.9. The van der Waals surface area contributed by atoms with Crippen LogP contribution in [0.4, 0.5) is 5.82 Å². The average molecular weight is 361 g/mol. The van der Waals surface area contributed by atoms with Gasteiger partial charge in [-0.2, -0.15) is 5.10 Å². The molecule has 3 aromatic rings. The number of aryl methyl sites for hydroxylation is 1. The predicted octanol–water partition coefficient (Wildman–Crippen LogP) is 0.729. The maximum atomic E-state index is 11.5. The fraction of sp³-hybridized carbons (Fsp3) is 0.333. The number of pyridine rings is 1. The first kappa shape index (κ1) is 17.2. The summed E-state index contributed by atoms with van der Waals surface area (Å²) in [5.74, 6) is 1.14. The molecule has 1 N–H and O–H groups in total. The standard InChI is InChI=1S/C15H19N7O2S/c1-21(25(3,23)24)8-7-17-14-12-10-18-22(2)15(12)20-13(19-14)11-5-4-6-16-9-11/h4-6,9-10H,7-8H2,1-3H3,(H,17,19,20). The molecule has 0 saturated carbocycles. The molecule has 0 radical (unpaired) electrons. The number of likely N-dealkylation sites (N-methyl/N-ethyl adjacent to an activating group) is 1. The van der Waals surface area contributed by atoms with E-state index >= 15 is 0 Å². The third kappa shape index (κ3) is 3.74. The lowest BCUT2D eigenvalue weighted by Gasteiger charge is -2.15. The molecule has 10 heteroatoms. The number of fused-ring (bicyclic) bond motifs is 1. The van der Waals surface area contributed by atoms with Crippen molar-refractivity contribution in [3.63, 3.8) is 0 Å². The third-order valence-corrected chi connectivity index (χ3v) is 5.11. The monoisotopic (exact) mass is 361 g/mol.